The predicted molar refractivity (Wildman–Crippen MR) is 81.3 cm³/mol. The normalized spacial score (nSPS) is 31.0. The van der Waals surface area contributed by atoms with E-state index in [1.807, 2.05) is 18.2 Å². The highest BCUT2D eigenvalue weighted by Crippen LogP contribution is 2.54. The molecule has 0 radical (unpaired) electrons. The second kappa shape index (κ2) is 4.71. The van der Waals surface area contributed by atoms with E-state index in [9.17, 15) is 10.2 Å². The molecule has 5 nitrogen and oxygen atoms in total. The number of fused-ring (bicyclic) bond motifs is 5. The minimum absolute atomic E-state index is 0.00668. The van der Waals surface area contributed by atoms with Gasteiger partial charge in [0.05, 0.1) is 13.2 Å². The maximum Gasteiger partial charge on any atom is 0.121 e. The molecule has 2 saturated heterocycles. The van der Waals surface area contributed by atoms with Crippen molar-refractivity contribution in [2.45, 2.75) is 24.4 Å². The Balaban J connectivity index is 1.70. The van der Waals surface area contributed by atoms with Crippen LogP contribution in [0.5, 0.6) is 11.5 Å². The maximum absolute atomic E-state index is 10.4. The molecule has 4 atom stereocenters. The molecule has 2 fully saturated rings. The summed E-state index contributed by atoms with van der Waals surface area (Å²) in [5.74, 6) is 0.470. The van der Waals surface area contributed by atoms with Crippen molar-refractivity contribution in [2.75, 3.05) is 13.2 Å². The molecule has 0 amide bonds. The van der Waals surface area contributed by atoms with Crippen molar-refractivity contribution >= 4 is 0 Å². The van der Waals surface area contributed by atoms with Crippen LogP contribution in [0.15, 0.2) is 36.4 Å². The van der Waals surface area contributed by atoms with Gasteiger partial charge in [-0.25, -0.2) is 0 Å². The molecule has 3 heterocycles. The first-order valence-corrected chi connectivity index (χ1v) is 7.76. The number of hydrogen-bond donors (Lipinski definition) is 2. The van der Waals surface area contributed by atoms with Gasteiger partial charge < -0.3 is 24.4 Å². The van der Waals surface area contributed by atoms with E-state index < -0.39 is 0 Å². The quantitative estimate of drug-likeness (QED) is 0.792. The van der Waals surface area contributed by atoms with Crippen LogP contribution in [0, 0.1) is 0 Å². The van der Waals surface area contributed by atoms with Gasteiger partial charge in [-0.3, -0.25) is 0 Å². The van der Waals surface area contributed by atoms with Crippen LogP contribution in [0.1, 0.15) is 23.3 Å². The molecule has 0 bridgehead atoms. The summed E-state index contributed by atoms with van der Waals surface area (Å²) in [4.78, 5) is 0. The van der Waals surface area contributed by atoms with E-state index in [-0.39, 0.29) is 35.9 Å². The summed E-state index contributed by atoms with van der Waals surface area (Å²) in [6.07, 6.45) is -0.176. The third kappa shape index (κ3) is 2.12. The number of ether oxygens (including phenoxy) is 3. The van der Waals surface area contributed by atoms with Crippen molar-refractivity contribution in [1.29, 1.82) is 0 Å². The Morgan fingerprint density at radius 1 is 0.783 bits per heavy atom. The van der Waals surface area contributed by atoms with Gasteiger partial charge >= 0.3 is 0 Å². The molecule has 0 saturated carbocycles. The van der Waals surface area contributed by atoms with Crippen LogP contribution >= 0.6 is 0 Å². The Morgan fingerprint density at radius 3 is 2.13 bits per heavy atom. The summed E-state index contributed by atoms with van der Waals surface area (Å²) < 4.78 is 17.1. The smallest absolute Gasteiger partial charge is 0.121 e. The summed E-state index contributed by atoms with van der Waals surface area (Å²) in [5.41, 5.74) is 3.78. The summed E-state index contributed by atoms with van der Waals surface area (Å²) >= 11 is 0. The zero-order valence-corrected chi connectivity index (χ0v) is 12.3. The van der Waals surface area contributed by atoms with Crippen LogP contribution < -0.4 is 0 Å². The van der Waals surface area contributed by atoms with E-state index in [2.05, 4.69) is 0 Å². The summed E-state index contributed by atoms with van der Waals surface area (Å²) in [7, 11) is 0. The fraction of sp³-hybridized carbons (Fsp3) is 0.333. The van der Waals surface area contributed by atoms with Crippen LogP contribution in [-0.4, -0.2) is 35.6 Å². The van der Waals surface area contributed by atoms with E-state index in [1.54, 1.807) is 18.2 Å². The molecule has 0 spiro atoms. The molecule has 3 aliphatic heterocycles. The Bertz CT molecular complexity index is 770. The first kappa shape index (κ1) is 13.4. The van der Waals surface area contributed by atoms with Crippen LogP contribution in [0.25, 0.3) is 11.1 Å². The Hall–Kier alpha value is -2.08. The van der Waals surface area contributed by atoms with E-state index in [1.165, 1.54) is 0 Å². The van der Waals surface area contributed by atoms with Crippen molar-refractivity contribution in [3.05, 3.63) is 47.5 Å². The molecule has 23 heavy (non-hydrogen) atoms. The van der Waals surface area contributed by atoms with Gasteiger partial charge in [0, 0.05) is 11.1 Å². The topological polar surface area (TPSA) is 74.8 Å². The predicted octanol–water partition coefficient (Wildman–Crippen LogP) is 2.67. The van der Waals surface area contributed by atoms with Crippen molar-refractivity contribution in [3.63, 3.8) is 0 Å². The molecule has 2 aromatic carbocycles. The summed E-state index contributed by atoms with van der Waals surface area (Å²) in [6.45, 7) is 1.07. The average Bonchev–Trinajstić information content (AvgIpc) is 3.45. The van der Waals surface area contributed by atoms with Crippen molar-refractivity contribution < 1.29 is 24.4 Å². The lowest BCUT2D eigenvalue weighted by Crippen LogP contribution is -2.06. The van der Waals surface area contributed by atoms with Crippen molar-refractivity contribution in [1.82, 2.24) is 0 Å². The molecular formula is C18H16O5. The number of rotatable bonds is 1. The zero-order valence-electron chi connectivity index (χ0n) is 12.3. The number of benzene rings is 2. The van der Waals surface area contributed by atoms with Crippen molar-refractivity contribution in [2.24, 2.45) is 0 Å². The molecule has 2 aromatic rings. The van der Waals surface area contributed by atoms with Crippen LogP contribution in [0.3, 0.4) is 0 Å². The molecule has 5 rings (SSSR count). The van der Waals surface area contributed by atoms with Gasteiger partial charge in [-0.05, 0) is 29.3 Å². The minimum Gasteiger partial charge on any atom is -0.508 e. The molecule has 5 heteroatoms. The number of phenols is 2. The highest BCUT2D eigenvalue weighted by Gasteiger charge is 2.51. The standard InChI is InChI=1S/C18H16O5/c19-10-3-1-9(2-4-10)11-5-6-12(20)16-15(11)17-13(22-17)7-21-8-14-18(16)23-14/h1-6,13-14,17-20H,7-8H2. The highest BCUT2D eigenvalue weighted by molar-refractivity contribution is 5.73. The second-order valence-corrected chi connectivity index (χ2v) is 6.23. The van der Waals surface area contributed by atoms with Gasteiger partial charge in [0.25, 0.3) is 0 Å². The molecule has 4 unspecified atom stereocenters. The minimum atomic E-state index is -0.134. The lowest BCUT2D eigenvalue weighted by Gasteiger charge is -2.14. The van der Waals surface area contributed by atoms with Gasteiger partial charge in [0.15, 0.2) is 0 Å². The zero-order chi connectivity index (χ0) is 15.6. The SMILES string of the molecule is Oc1ccc(-c2ccc(O)c3c2C2OC2COCC2OC32)cc1. The number of phenolic OH excluding ortho intramolecular Hbond substituents is 2. The third-order valence-electron chi connectivity index (χ3n) is 4.74. The molecule has 2 N–H and O–H groups in total. The van der Waals surface area contributed by atoms with Gasteiger partial charge in [0.2, 0.25) is 0 Å². The van der Waals surface area contributed by atoms with Gasteiger partial charge in [-0.15, -0.1) is 0 Å². The third-order valence-corrected chi connectivity index (χ3v) is 4.74. The number of aromatic hydroxyl groups is 2. The summed E-state index contributed by atoms with van der Waals surface area (Å²) in [5, 5.41) is 19.9. The average molecular weight is 312 g/mol. The van der Waals surface area contributed by atoms with Crippen LogP contribution in [0.4, 0.5) is 0 Å². The Kier molecular flexibility index (Phi) is 2.74. The van der Waals surface area contributed by atoms with E-state index >= 15 is 0 Å². The summed E-state index contributed by atoms with van der Waals surface area (Å²) in [6, 6.07) is 10.7. The monoisotopic (exact) mass is 312 g/mol. The van der Waals surface area contributed by atoms with Gasteiger partial charge in [-0.2, -0.15) is 0 Å². The largest absolute Gasteiger partial charge is 0.508 e. The fourth-order valence-electron chi connectivity index (χ4n) is 3.47. The maximum atomic E-state index is 10.4. The first-order chi connectivity index (χ1) is 11.2. The number of epoxide rings is 2. The van der Waals surface area contributed by atoms with Crippen molar-refractivity contribution in [3.8, 4) is 22.6 Å². The van der Waals surface area contributed by atoms with Gasteiger partial charge in [0.1, 0.15) is 35.9 Å². The van der Waals surface area contributed by atoms with E-state index in [0.29, 0.717) is 13.2 Å². The second-order valence-electron chi connectivity index (χ2n) is 6.23. The molecule has 0 aliphatic carbocycles. The Morgan fingerprint density at radius 2 is 1.43 bits per heavy atom. The van der Waals surface area contributed by atoms with Crippen LogP contribution in [-0.2, 0) is 14.2 Å². The molecule has 0 aromatic heterocycles. The van der Waals surface area contributed by atoms with E-state index in [0.717, 1.165) is 22.3 Å². The molecular weight excluding hydrogens is 296 g/mol. The first-order valence-electron chi connectivity index (χ1n) is 7.76. The van der Waals surface area contributed by atoms with E-state index in [4.69, 9.17) is 14.2 Å². The molecule has 3 aliphatic rings. The Labute approximate surface area is 133 Å². The lowest BCUT2D eigenvalue weighted by atomic mass is 9.89. The fourth-order valence-corrected chi connectivity index (χ4v) is 3.47. The van der Waals surface area contributed by atoms with Crippen LogP contribution in [0.2, 0.25) is 0 Å². The lowest BCUT2D eigenvalue weighted by molar-refractivity contribution is 0.102. The molecule has 118 valence electrons. The van der Waals surface area contributed by atoms with Gasteiger partial charge in [-0.1, -0.05) is 18.2 Å². The number of hydrogen-bond acceptors (Lipinski definition) is 5. The highest BCUT2D eigenvalue weighted by atomic mass is 16.6.